The van der Waals surface area contributed by atoms with Crippen molar-refractivity contribution in [3.63, 3.8) is 0 Å². The highest BCUT2D eigenvalue weighted by molar-refractivity contribution is 7.12. The molecular weight excluding hydrogens is 304 g/mol. The van der Waals surface area contributed by atoms with E-state index in [0.717, 1.165) is 0 Å². The number of carbonyl (C=O) groups excluding carboxylic acids is 2. The van der Waals surface area contributed by atoms with Gasteiger partial charge in [0.05, 0.1) is 30.5 Å². The largest absolute Gasteiger partial charge is 0.494 e. The van der Waals surface area contributed by atoms with Crippen molar-refractivity contribution in [1.82, 2.24) is 0 Å². The Bertz CT molecular complexity index is 683. The van der Waals surface area contributed by atoms with Crippen LogP contribution in [-0.2, 0) is 4.79 Å². The van der Waals surface area contributed by atoms with Crippen molar-refractivity contribution in [2.75, 3.05) is 24.9 Å². The second-order valence-electron chi connectivity index (χ2n) is 4.37. The summed E-state index contributed by atoms with van der Waals surface area (Å²) in [6.07, 6.45) is 0. The molecule has 0 saturated heterocycles. The molecule has 1 aromatic heterocycles. The number of ether oxygens (including phenoxy) is 2. The van der Waals surface area contributed by atoms with E-state index in [1.807, 2.05) is 5.38 Å². The van der Waals surface area contributed by atoms with Gasteiger partial charge in [-0.25, -0.2) is 0 Å². The van der Waals surface area contributed by atoms with E-state index in [4.69, 9.17) is 9.47 Å². The molecule has 6 nitrogen and oxygen atoms in total. The van der Waals surface area contributed by atoms with Crippen molar-refractivity contribution >= 4 is 34.5 Å². The molecule has 0 bridgehead atoms. The van der Waals surface area contributed by atoms with Gasteiger partial charge in [0.1, 0.15) is 11.5 Å². The smallest absolute Gasteiger partial charge is 0.265 e. The van der Waals surface area contributed by atoms with E-state index in [1.54, 1.807) is 24.3 Å². The molecule has 2 N–H and O–H groups in total. The molecule has 22 heavy (non-hydrogen) atoms. The van der Waals surface area contributed by atoms with Gasteiger partial charge in [-0.3, -0.25) is 9.59 Å². The van der Waals surface area contributed by atoms with E-state index in [9.17, 15) is 9.59 Å². The SMILES string of the molecule is COc1cc(OC)c(NC(=O)c2cccs2)cc1NC(C)=O. The first-order valence-corrected chi connectivity index (χ1v) is 7.31. The minimum atomic E-state index is -0.243. The predicted octanol–water partition coefficient (Wildman–Crippen LogP) is 2.98. The van der Waals surface area contributed by atoms with Crippen LogP contribution < -0.4 is 20.1 Å². The van der Waals surface area contributed by atoms with Crippen LogP contribution in [-0.4, -0.2) is 26.0 Å². The van der Waals surface area contributed by atoms with E-state index in [-0.39, 0.29) is 11.8 Å². The minimum Gasteiger partial charge on any atom is -0.494 e. The number of nitrogens with one attached hydrogen (secondary N) is 2. The summed E-state index contributed by atoms with van der Waals surface area (Å²) in [6, 6.07) is 6.73. The number of hydrogen-bond donors (Lipinski definition) is 2. The molecule has 2 amide bonds. The molecule has 0 radical (unpaired) electrons. The monoisotopic (exact) mass is 320 g/mol. The summed E-state index contributed by atoms with van der Waals surface area (Å²) in [7, 11) is 2.98. The molecule has 0 atom stereocenters. The number of carbonyl (C=O) groups is 2. The molecule has 0 unspecified atom stereocenters. The first-order chi connectivity index (χ1) is 10.5. The molecule has 0 spiro atoms. The maximum absolute atomic E-state index is 12.2. The van der Waals surface area contributed by atoms with Gasteiger partial charge in [-0.2, -0.15) is 0 Å². The Balaban J connectivity index is 2.36. The lowest BCUT2D eigenvalue weighted by molar-refractivity contribution is -0.114. The molecule has 0 fully saturated rings. The third-order valence-electron chi connectivity index (χ3n) is 2.83. The van der Waals surface area contributed by atoms with Gasteiger partial charge in [-0.15, -0.1) is 11.3 Å². The summed E-state index contributed by atoms with van der Waals surface area (Å²) in [5.41, 5.74) is 0.905. The van der Waals surface area contributed by atoms with Crippen LogP contribution >= 0.6 is 11.3 Å². The van der Waals surface area contributed by atoms with Gasteiger partial charge in [0, 0.05) is 13.0 Å². The van der Waals surface area contributed by atoms with Gasteiger partial charge in [0.15, 0.2) is 0 Å². The summed E-state index contributed by atoms with van der Waals surface area (Å²) in [5, 5.41) is 7.25. The van der Waals surface area contributed by atoms with Gasteiger partial charge in [0.2, 0.25) is 5.91 Å². The number of benzene rings is 1. The van der Waals surface area contributed by atoms with Crippen LogP contribution in [0.4, 0.5) is 11.4 Å². The second kappa shape index (κ2) is 6.95. The van der Waals surface area contributed by atoms with E-state index >= 15 is 0 Å². The second-order valence-corrected chi connectivity index (χ2v) is 5.31. The normalized spacial score (nSPS) is 9.95. The summed E-state index contributed by atoms with van der Waals surface area (Å²) >= 11 is 1.34. The average Bonchev–Trinajstić information content (AvgIpc) is 3.01. The van der Waals surface area contributed by atoms with Gasteiger partial charge >= 0.3 is 0 Å². The van der Waals surface area contributed by atoms with Crippen molar-refractivity contribution in [1.29, 1.82) is 0 Å². The molecule has 2 aromatic rings. The fourth-order valence-electron chi connectivity index (χ4n) is 1.88. The van der Waals surface area contributed by atoms with Crippen LogP contribution in [0.2, 0.25) is 0 Å². The third-order valence-corrected chi connectivity index (χ3v) is 3.69. The Hall–Kier alpha value is -2.54. The minimum absolute atomic E-state index is 0.237. The fourth-order valence-corrected chi connectivity index (χ4v) is 2.49. The highest BCUT2D eigenvalue weighted by Gasteiger charge is 2.15. The summed E-state index contributed by atoms with van der Waals surface area (Å²) in [6.45, 7) is 1.40. The fraction of sp³-hybridized carbons (Fsp3) is 0.200. The standard InChI is InChI=1S/C15H16N2O4S/c1-9(18)16-10-7-11(13(21-3)8-12(10)20-2)17-15(19)14-5-4-6-22-14/h4-8H,1-3H3,(H,16,18)(H,17,19). The topological polar surface area (TPSA) is 76.7 Å². The van der Waals surface area contributed by atoms with E-state index < -0.39 is 0 Å². The molecular formula is C15H16N2O4S. The molecule has 0 aliphatic heterocycles. The molecule has 2 rings (SSSR count). The van der Waals surface area contributed by atoms with Crippen LogP contribution in [0.1, 0.15) is 16.6 Å². The first-order valence-electron chi connectivity index (χ1n) is 6.43. The molecule has 1 aromatic carbocycles. The van der Waals surface area contributed by atoms with Crippen LogP contribution in [0, 0.1) is 0 Å². The summed E-state index contributed by atoms with van der Waals surface area (Å²) in [4.78, 5) is 24.0. The van der Waals surface area contributed by atoms with E-state index in [0.29, 0.717) is 27.8 Å². The van der Waals surface area contributed by atoms with Crippen LogP contribution in [0.3, 0.4) is 0 Å². The van der Waals surface area contributed by atoms with Gasteiger partial charge in [0.25, 0.3) is 5.91 Å². The maximum atomic E-state index is 12.2. The van der Waals surface area contributed by atoms with Gasteiger partial charge in [-0.1, -0.05) is 6.07 Å². The summed E-state index contributed by atoms with van der Waals surface area (Å²) < 4.78 is 10.5. The Kier molecular flexibility index (Phi) is 5.00. The third kappa shape index (κ3) is 3.56. The lowest BCUT2D eigenvalue weighted by Gasteiger charge is -2.15. The highest BCUT2D eigenvalue weighted by atomic mass is 32.1. The van der Waals surface area contributed by atoms with Crippen molar-refractivity contribution < 1.29 is 19.1 Å². The predicted molar refractivity (Wildman–Crippen MR) is 86.1 cm³/mol. The number of methoxy groups -OCH3 is 2. The van der Waals surface area contributed by atoms with Crippen LogP contribution in [0.5, 0.6) is 11.5 Å². The Labute approximate surface area is 132 Å². The van der Waals surface area contributed by atoms with Crippen LogP contribution in [0.15, 0.2) is 29.6 Å². The first kappa shape index (κ1) is 15.8. The zero-order chi connectivity index (χ0) is 16.1. The Morgan fingerprint density at radius 3 is 2.18 bits per heavy atom. The Morgan fingerprint density at radius 1 is 1.05 bits per heavy atom. The quantitative estimate of drug-likeness (QED) is 0.888. The summed E-state index contributed by atoms with van der Waals surface area (Å²) in [5.74, 6) is 0.406. The van der Waals surface area contributed by atoms with Crippen molar-refractivity contribution in [3.8, 4) is 11.5 Å². The number of thiophene rings is 1. The van der Waals surface area contributed by atoms with Crippen molar-refractivity contribution in [2.24, 2.45) is 0 Å². The van der Waals surface area contributed by atoms with E-state index in [2.05, 4.69) is 10.6 Å². The molecule has 0 saturated carbocycles. The molecule has 7 heteroatoms. The lowest BCUT2D eigenvalue weighted by atomic mass is 10.2. The Morgan fingerprint density at radius 2 is 1.68 bits per heavy atom. The molecule has 116 valence electrons. The zero-order valence-corrected chi connectivity index (χ0v) is 13.2. The highest BCUT2D eigenvalue weighted by Crippen LogP contribution is 2.36. The van der Waals surface area contributed by atoms with Gasteiger partial charge < -0.3 is 20.1 Å². The van der Waals surface area contributed by atoms with E-state index in [1.165, 1.54) is 32.5 Å². The molecule has 0 aliphatic rings. The molecule has 1 heterocycles. The van der Waals surface area contributed by atoms with Gasteiger partial charge in [-0.05, 0) is 17.5 Å². The number of hydrogen-bond acceptors (Lipinski definition) is 5. The van der Waals surface area contributed by atoms with Crippen LogP contribution in [0.25, 0.3) is 0 Å². The number of rotatable bonds is 5. The zero-order valence-electron chi connectivity index (χ0n) is 12.4. The molecule has 0 aliphatic carbocycles. The number of anilines is 2. The number of amides is 2. The van der Waals surface area contributed by atoms with Crippen molar-refractivity contribution in [3.05, 3.63) is 34.5 Å². The lowest BCUT2D eigenvalue weighted by Crippen LogP contribution is -2.13. The van der Waals surface area contributed by atoms with Crippen molar-refractivity contribution in [2.45, 2.75) is 6.92 Å². The maximum Gasteiger partial charge on any atom is 0.265 e. The average molecular weight is 320 g/mol.